The highest BCUT2D eigenvalue weighted by Crippen LogP contribution is 2.46. The highest BCUT2D eigenvalue weighted by atomic mass is 32.1. The third-order valence-electron chi connectivity index (χ3n) is 11.6. The molecule has 0 spiro atoms. The number of nitrogens with zero attached hydrogens (tertiary/aromatic N) is 3. The third-order valence-corrected chi connectivity index (χ3v) is 13.7. The molecule has 13 rings (SSSR count). The summed E-state index contributed by atoms with van der Waals surface area (Å²) in [6.45, 7) is 0. The monoisotopic (exact) mass is 733 g/mol. The number of hydrogen-bond acceptors (Lipinski definition) is 4. The Hall–Kier alpha value is -6.66. The van der Waals surface area contributed by atoms with Crippen molar-refractivity contribution < 1.29 is 0 Å². The summed E-state index contributed by atoms with van der Waals surface area (Å²) in [5.74, 6) is 0.844. The highest BCUT2D eigenvalue weighted by Gasteiger charge is 2.24. The first-order valence-electron chi connectivity index (χ1n) is 18.6. The maximum absolute atomic E-state index is 5.69. The first-order valence-corrected chi connectivity index (χ1v) is 20.2. The predicted octanol–water partition coefficient (Wildman–Crippen LogP) is 14.6. The summed E-state index contributed by atoms with van der Waals surface area (Å²) in [6, 6.07) is 59.9. The molecule has 0 aliphatic carbocycles. The van der Waals surface area contributed by atoms with E-state index in [1.165, 1.54) is 78.7 Å². The molecule has 55 heavy (non-hydrogen) atoms. The lowest BCUT2D eigenvalue weighted by Crippen LogP contribution is -2.03. The lowest BCUT2D eigenvalue weighted by molar-refractivity contribution is 1.09. The zero-order chi connectivity index (χ0) is 35.8. The van der Waals surface area contributed by atoms with Crippen molar-refractivity contribution in [3.8, 4) is 17.1 Å². The van der Waals surface area contributed by atoms with E-state index in [-0.39, 0.29) is 0 Å². The minimum absolute atomic E-state index is 0.844. The molecule has 0 aliphatic heterocycles. The third kappa shape index (κ3) is 4.09. The van der Waals surface area contributed by atoms with Crippen LogP contribution >= 0.6 is 22.7 Å². The molecular formula is C50H27N3S2. The van der Waals surface area contributed by atoms with E-state index in [4.69, 9.17) is 9.97 Å². The van der Waals surface area contributed by atoms with E-state index in [9.17, 15) is 0 Å². The molecule has 0 aliphatic rings. The van der Waals surface area contributed by atoms with Crippen molar-refractivity contribution in [2.45, 2.75) is 0 Å². The Morgan fingerprint density at radius 2 is 0.964 bits per heavy atom. The summed E-state index contributed by atoms with van der Waals surface area (Å²) in [6.07, 6.45) is 0. The molecule has 4 heterocycles. The van der Waals surface area contributed by atoms with E-state index in [1.54, 1.807) is 11.3 Å². The molecule has 5 heteroatoms. The molecule has 0 atom stereocenters. The Bertz CT molecular complexity index is 3760. The lowest BCUT2D eigenvalue weighted by Gasteiger charge is -2.14. The van der Waals surface area contributed by atoms with Crippen LogP contribution in [0.4, 0.5) is 0 Å². The van der Waals surface area contributed by atoms with Gasteiger partial charge in [0, 0.05) is 52.0 Å². The van der Waals surface area contributed by atoms with Crippen LogP contribution in [-0.4, -0.2) is 14.5 Å². The average Bonchev–Trinajstić information content (AvgIpc) is 3.90. The Labute approximate surface area is 322 Å². The van der Waals surface area contributed by atoms with Gasteiger partial charge in [-0.25, -0.2) is 9.97 Å². The van der Waals surface area contributed by atoms with Crippen LogP contribution < -0.4 is 0 Å². The molecular weight excluding hydrogens is 707 g/mol. The first-order chi connectivity index (χ1) is 27.3. The number of aromatic nitrogens is 3. The van der Waals surface area contributed by atoms with Crippen molar-refractivity contribution in [3.05, 3.63) is 164 Å². The summed E-state index contributed by atoms with van der Waals surface area (Å²) in [5.41, 5.74) is 5.13. The maximum Gasteiger partial charge on any atom is 0.165 e. The first kappa shape index (κ1) is 29.8. The number of benzene rings is 9. The SMILES string of the molecule is c1ccc2cc3c(cc2c1)c1c2c4ccccc4c4ccccc4c2ccc1n3-c1nc2c(nc1-c1ccc3c(c1)sc1ccccc13)sc1ccccc12. The average molecular weight is 734 g/mol. The van der Waals surface area contributed by atoms with Gasteiger partial charge in [0.2, 0.25) is 0 Å². The number of hydrogen-bond donors (Lipinski definition) is 0. The molecule has 0 N–H and O–H groups in total. The quantitative estimate of drug-likeness (QED) is 0.166. The van der Waals surface area contributed by atoms with Crippen molar-refractivity contribution in [1.82, 2.24) is 14.5 Å². The van der Waals surface area contributed by atoms with E-state index in [0.29, 0.717) is 0 Å². The second-order valence-corrected chi connectivity index (χ2v) is 16.6. The predicted molar refractivity (Wildman–Crippen MR) is 238 cm³/mol. The lowest BCUT2D eigenvalue weighted by atomic mass is 9.91. The zero-order valence-corrected chi connectivity index (χ0v) is 30.9. The standard InChI is InChI=1S/C50H27N3S2/c1-2-12-29-26-41-39(25-28(29)11-1)46-40(24-23-37-33-15-4-3-13-31(33)32-14-5-6-17-36(32)45(37)46)53(41)49-47(52-50-48(51-49)38-18-8-10-20-43(38)55-50)30-21-22-35-34-16-7-9-19-42(34)54-44(35)27-30/h1-27H. The van der Waals surface area contributed by atoms with Gasteiger partial charge in [0.25, 0.3) is 0 Å². The summed E-state index contributed by atoms with van der Waals surface area (Å²) in [4.78, 5) is 12.2. The summed E-state index contributed by atoms with van der Waals surface area (Å²) >= 11 is 3.56. The van der Waals surface area contributed by atoms with Gasteiger partial charge in [-0.2, -0.15) is 0 Å². The summed E-state index contributed by atoms with van der Waals surface area (Å²) in [7, 11) is 0. The maximum atomic E-state index is 5.69. The molecule has 3 nitrogen and oxygen atoms in total. The second-order valence-electron chi connectivity index (χ2n) is 14.5. The zero-order valence-electron chi connectivity index (χ0n) is 29.2. The fraction of sp³-hybridized carbons (Fsp3) is 0. The van der Waals surface area contributed by atoms with Gasteiger partial charge in [-0.3, -0.25) is 4.57 Å². The Balaban J connectivity index is 1.24. The minimum Gasteiger partial charge on any atom is -0.292 e. The smallest absolute Gasteiger partial charge is 0.165 e. The van der Waals surface area contributed by atoms with Crippen LogP contribution in [0.15, 0.2) is 164 Å². The van der Waals surface area contributed by atoms with Gasteiger partial charge in [0.15, 0.2) is 5.82 Å². The fourth-order valence-electron chi connectivity index (χ4n) is 9.15. The van der Waals surface area contributed by atoms with Crippen LogP contribution in [0, 0.1) is 0 Å². The molecule has 254 valence electrons. The molecule has 0 unspecified atom stereocenters. The van der Waals surface area contributed by atoms with E-state index >= 15 is 0 Å². The van der Waals surface area contributed by atoms with Crippen molar-refractivity contribution >= 4 is 128 Å². The van der Waals surface area contributed by atoms with Gasteiger partial charge in [-0.15, -0.1) is 22.7 Å². The molecule has 0 fully saturated rings. The summed E-state index contributed by atoms with van der Waals surface area (Å²) in [5, 5.41) is 16.2. The van der Waals surface area contributed by atoms with Crippen LogP contribution in [0.25, 0.3) is 123 Å². The van der Waals surface area contributed by atoms with Crippen molar-refractivity contribution in [2.75, 3.05) is 0 Å². The van der Waals surface area contributed by atoms with Crippen molar-refractivity contribution in [2.24, 2.45) is 0 Å². The molecule has 0 saturated heterocycles. The molecule has 0 bridgehead atoms. The van der Waals surface area contributed by atoms with Crippen molar-refractivity contribution in [1.29, 1.82) is 0 Å². The van der Waals surface area contributed by atoms with Crippen LogP contribution in [0.3, 0.4) is 0 Å². The topological polar surface area (TPSA) is 30.7 Å². The molecule has 0 saturated carbocycles. The van der Waals surface area contributed by atoms with Crippen LogP contribution in [0.1, 0.15) is 0 Å². The normalized spacial score (nSPS) is 12.4. The largest absolute Gasteiger partial charge is 0.292 e. The molecule has 0 amide bonds. The van der Waals surface area contributed by atoms with E-state index in [2.05, 4.69) is 168 Å². The minimum atomic E-state index is 0.844. The van der Waals surface area contributed by atoms with Gasteiger partial charge in [0.1, 0.15) is 16.0 Å². The Morgan fingerprint density at radius 3 is 1.75 bits per heavy atom. The Morgan fingerprint density at radius 1 is 0.382 bits per heavy atom. The van der Waals surface area contributed by atoms with Gasteiger partial charge in [-0.1, -0.05) is 127 Å². The highest BCUT2D eigenvalue weighted by molar-refractivity contribution is 7.26. The number of rotatable bonds is 2. The van der Waals surface area contributed by atoms with E-state index < -0.39 is 0 Å². The van der Waals surface area contributed by atoms with Gasteiger partial charge in [0.05, 0.1) is 11.0 Å². The summed E-state index contributed by atoms with van der Waals surface area (Å²) < 4.78 is 6.14. The van der Waals surface area contributed by atoms with Gasteiger partial charge >= 0.3 is 0 Å². The van der Waals surface area contributed by atoms with E-state index in [0.717, 1.165) is 43.8 Å². The van der Waals surface area contributed by atoms with E-state index in [1.807, 2.05) is 11.3 Å². The molecule has 9 aromatic carbocycles. The second kappa shape index (κ2) is 11.0. The fourth-order valence-corrected chi connectivity index (χ4v) is 11.3. The number of fused-ring (bicyclic) bond motifs is 17. The molecule has 13 aromatic rings. The Kier molecular flexibility index (Phi) is 5.93. The molecule has 4 aromatic heterocycles. The van der Waals surface area contributed by atoms with Crippen LogP contribution in [-0.2, 0) is 0 Å². The van der Waals surface area contributed by atoms with Crippen LogP contribution in [0.5, 0.6) is 0 Å². The van der Waals surface area contributed by atoms with Crippen molar-refractivity contribution in [3.63, 3.8) is 0 Å². The van der Waals surface area contributed by atoms with Gasteiger partial charge < -0.3 is 0 Å². The molecule has 0 radical (unpaired) electrons. The van der Waals surface area contributed by atoms with Crippen LogP contribution in [0.2, 0.25) is 0 Å². The van der Waals surface area contributed by atoms with Gasteiger partial charge in [-0.05, 0) is 74.1 Å². The number of thiophene rings is 2.